The lowest BCUT2D eigenvalue weighted by atomic mass is 10.0. The highest BCUT2D eigenvalue weighted by Crippen LogP contribution is 2.29. The van der Waals surface area contributed by atoms with Gasteiger partial charge in [-0.25, -0.2) is 0 Å². The Morgan fingerprint density at radius 3 is 2.64 bits per heavy atom. The molecular weight excluding hydrogens is 200 g/mol. The Hall–Kier alpha value is -1.54. The second kappa shape index (κ2) is 3.31. The molecule has 3 heteroatoms. The molecule has 0 spiro atoms. The van der Waals surface area contributed by atoms with E-state index in [1.807, 2.05) is 0 Å². The fourth-order valence-electron chi connectivity index (χ4n) is 1.43. The highest BCUT2D eigenvalue weighted by atomic mass is 35.5. The number of hydrogen-bond acceptors (Lipinski definition) is 2. The summed E-state index contributed by atoms with van der Waals surface area (Å²) in [6, 6.07) is 8.12. The summed E-state index contributed by atoms with van der Waals surface area (Å²) in [5.41, 5.74) is 0.550. The van der Waals surface area contributed by atoms with E-state index in [0.29, 0.717) is 21.4 Å². The number of carbonyl (C=O) groups excluding carboxylic acids is 1. The summed E-state index contributed by atoms with van der Waals surface area (Å²) in [6.07, 6.45) is 0.760. The van der Waals surface area contributed by atoms with E-state index in [1.54, 1.807) is 24.3 Å². The topological polar surface area (TPSA) is 37.3 Å². The first-order chi connectivity index (χ1) is 6.72. The first kappa shape index (κ1) is 9.03. The molecule has 1 N–H and O–H groups in total. The molecule has 0 saturated carbocycles. The normalized spacial score (nSPS) is 10.4. The van der Waals surface area contributed by atoms with Crippen LogP contribution in [-0.2, 0) is 0 Å². The summed E-state index contributed by atoms with van der Waals surface area (Å²) in [4.78, 5) is 10.7. The van der Waals surface area contributed by atoms with Gasteiger partial charge in [0.2, 0.25) is 0 Å². The van der Waals surface area contributed by atoms with Gasteiger partial charge in [-0.1, -0.05) is 17.7 Å². The first-order valence-electron chi connectivity index (χ1n) is 4.09. The third-order valence-corrected chi connectivity index (χ3v) is 2.35. The Morgan fingerprint density at radius 2 is 1.93 bits per heavy atom. The van der Waals surface area contributed by atoms with Crippen molar-refractivity contribution in [1.29, 1.82) is 0 Å². The highest BCUT2D eigenvalue weighted by molar-refractivity contribution is 6.31. The first-order valence-corrected chi connectivity index (χ1v) is 4.46. The predicted molar refractivity (Wildman–Crippen MR) is 56.0 cm³/mol. The molecule has 0 unspecified atom stereocenters. The maximum absolute atomic E-state index is 10.7. The number of carbonyl (C=O) groups is 1. The molecule has 14 heavy (non-hydrogen) atoms. The van der Waals surface area contributed by atoms with Crippen LogP contribution in [0.1, 0.15) is 10.4 Å². The van der Waals surface area contributed by atoms with Crippen LogP contribution in [0.15, 0.2) is 30.3 Å². The van der Waals surface area contributed by atoms with Crippen LogP contribution < -0.4 is 0 Å². The van der Waals surface area contributed by atoms with E-state index >= 15 is 0 Å². The van der Waals surface area contributed by atoms with Crippen LogP contribution >= 0.6 is 11.6 Å². The quantitative estimate of drug-likeness (QED) is 0.729. The van der Waals surface area contributed by atoms with Crippen molar-refractivity contribution in [2.24, 2.45) is 0 Å². The molecule has 0 amide bonds. The largest absolute Gasteiger partial charge is 0.507 e. The van der Waals surface area contributed by atoms with Gasteiger partial charge in [0, 0.05) is 16.0 Å². The number of benzene rings is 2. The van der Waals surface area contributed by atoms with Gasteiger partial charge < -0.3 is 5.11 Å². The monoisotopic (exact) mass is 206 g/mol. The number of hydrogen-bond donors (Lipinski definition) is 1. The lowest BCUT2D eigenvalue weighted by molar-refractivity contribution is 0.112. The molecule has 2 nitrogen and oxygen atoms in total. The average Bonchev–Trinajstić information content (AvgIpc) is 2.19. The van der Waals surface area contributed by atoms with Crippen LogP contribution in [0.5, 0.6) is 5.75 Å². The van der Waals surface area contributed by atoms with Crippen molar-refractivity contribution in [3.8, 4) is 5.75 Å². The van der Waals surface area contributed by atoms with Crippen molar-refractivity contribution in [3.05, 3.63) is 40.9 Å². The van der Waals surface area contributed by atoms with Gasteiger partial charge in [0.15, 0.2) is 6.29 Å². The molecule has 0 bridgehead atoms. The molecule has 0 heterocycles. The van der Waals surface area contributed by atoms with Gasteiger partial charge in [0.25, 0.3) is 0 Å². The molecule has 2 rings (SSSR count). The minimum Gasteiger partial charge on any atom is -0.507 e. The molecule has 0 radical (unpaired) electrons. The predicted octanol–water partition coefficient (Wildman–Crippen LogP) is 3.01. The van der Waals surface area contributed by atoms with Gasteiger partial charge in [-0.05, 0) is 29.7 Å². The third-order valence-electron chi connectivity index (χ3n) is 2.12. The van der Waals surface area contributed by atoms with Gasteiger partial charge in [0.05, 0.1) is 0 Å². The van der Waals surface area contributed by atoms with Crippen LogP contribution in [-0.4, -0.2) is 11.4 Å². The van der Waals surface area contributed by atoms with Crippen LogP contribution in [0, 0.1) is 0 Å². The van der Waals surface area contributed by atoms with Crippen LogP contribution in [0.3, 0.4) is 0 Å². The number of fused-ring (bicyclic) bond motifs is 1. The third kappa shape index (κ3) is 1.34. The Morgan fingerprint density at radius 1 is 1.14 bits per heavy atom. The van der Waals surface area contributed by atoms with Crippen molar-refractivity contribution in [2.75, 3.05) is 0 Å². The summed E-state index contributed by atoms with van der Waals surface area (Å²) in [5, 5.41) is 11.4. The molecule has 0 aliphatic carbocycles. The van der Waals surface area contributed by atoms with Crippen molar-refractivity contribution >= 4 is 28.7 Å². The second-order valence-electron chi connectivity index (χ2n) is 2.98. The fraction of sp³-hybridized carbons (Fsp3) is 0. The molecule has 0 aliphatic heterocycles. The zero-order valence-corrected chi connectivity index (χ0v) is 7.95. The van der Waals surface area contributed by atoms with E-state index in [2.05, 4.69) is 0 Å². The smallest absolute Gasteiger partial charge is 0.150 e. The van der Waals surface area contributed by atoms with Gasteiger partial charge >= 0.3 is 0 Å². The van der Waals surface area contributed by atoms with E-state index in [0.717, 1.165) is 6.29 Å². The molecule has 2 aromatic carbocycles. The minimum absolute atomic E-state index is 0.133. The number of phenols is 1. The number of phenolic OH excluding ortho intramolecular Hbond substituents is 1. The second-order valence-corrected chi connectivity index (χ2v) is 3.42. The van der Waals surface area contributed by atoms with Crippen LogP contribution in [0.25, 0.3) is 10.8 Å². The molecule has 0 aliphatic rings. The van der Waals surface area contributed by atoms with Crippen molar-refractivity contribution in [3.63, 3.8) is 0 Å². The summed E-state index contributed by atoms with van der Waals surface area (Å²) in [5.74, 6) is 0.133. The molecular formula is C11H7ClO2. The zero-order valence-electron chi connectivity index (χ0n) is 7.20. The molecule has 0 atom stereocenters. The van der Waals surface area contributed by atoms with E-state index in [9.17, 15) is 9.90 Å². The molecule has 0 fully saturated rings. The molecule has 0 saturated heterocycles. The summed E-state index contributed by atoms with van der Waals surface area (Å²) < 4.78 is 0. The fourth-order valence-corrected chi connectivity index (χ4v) is 1.60. The molecule has 2 aromatic rings. The standard InChI is InChI=1S/C11H7ClO2/c12-8-2-3-9-7(6-13)1-4-11(14)10(9)5-8/h1-6,14H. The summed E-state index contributed by atoms with van der Waals surface area (Å²) >= 11 is 5.79. The maximum Gasteiger partial charge on any atom is 0.150 e. The van der Waals surface area contributed by atoms with Crippen molar-refractivity contribution < 1.29 is 9.90 Å². The van der Waals surface area contributed by atoms with E-state index < -0.39 is 0 Å². The van der Waals surface area contributed by atoms with Crippen molar-refractivity contribution in [2.45, 2.75) is 0 Å². The van der Waals surface area contributed by atoms with Gasteiger partial charge in [0.1, 0.15) is 5.75 Å². The van der Waals surface area contributed by atoms with Gasteiger partial charge in [-0.3, -0.25) is 4.79 Å². The minimum atomic E-state index is 0.133. The number of aldehydes is 1. The number of rotatable bonds is 1. The van der Waals surface area contributed by atoms with Gasteiger partial charge in [-0.15, -0.1) is 0 Å². The van der Waals surface area contributed by atoms with Crippen molar-refractivity contribution in [1.82, 2.24) is 0 Å². The summed E-state index contributed by atoms with van der Waals surface area (Å²) in [7, 11) is 0. The Labute approximate surface area is 85.7 Å². The molecule has 0 aromatic heterocycles. The zero-order chi connectivity index (χ0) is 10.1. The lowest BCUT2D eigenvalue weighted by Gasteiger charge is -2.03. The van der Waals surface area contributed by atoms with E-state index in [1.165, 1.54) is 6.07 Å². The van der Waals surface area contributed by atoms with Crippen LogP contribution in [0.2, 0.25) is 5.02 Å². The van der Waals surface area contributed by atoms with Crippen LogP contribution in [0.4, 0.5) is 0 Å². The van der Waals surface area contributed by atoms with Gasteiger partial charge in [-0.2, -0.15) is 0 Å². The average molecular weight is 207 g/mol. The Kier molecular flexibility index (Phi) is 2.14. The highest BCUT2D eigenvalue weighted by Gasteiger charge is 2.04. The number of halogens is 1. The maximum atomic E-state index is 10.7. The van der Waals surface area contributed by atoms with E-state index in [-0.39, 0.29) is 5.75 Å². The summed E-state index contributed by atoms with van der Waals surface area (Å²) in [6.45, 7) is 0. The lowest BCUT2D eigenvalue weighted by Crippen LogP contribution is -1.83. The SMILES string of the molecule is O=Cc1ccc(O)c2cc(Cl)ccc12. The Balaban J connectivity index is 2.91. The van der Waals surface area contributed by atoms with E-state index in [4.69, 9.17) is 11.6 Å². The number of aromatic hydroxyl groups is 1. The Bertz CT molecular complexity index is 506. The molecule has 70 valence electrons.